The number of hydrogen-bond acceptors (Lipinski definition) is 5. The molecular weight excluding hydrogens is 278 g/mol. The SMILES string of the molecule is CNC(C)c1nnc(-c2ccc(Br)o2)s1. The topological polar surface area (TPSA) is 51.0 Å². The molecule has 0 saturated heterocycles. The summed E-state index contributed by atoms with van der Waals surface area (Å²) in [4.78, 5) is 0. The van der Waals surface area contributed by atoms with Crippen molar-refractivity contribution in [1.82, 2.24) is 15.5 Å². The fraction of sp³-hybridized carbons (Fsp3) is 0.333. The number of nitrogens with zero attached hydrogens (tertiary/aromatic N) is 2. The van der Waals surface area contributed by atoms with Crippen molar-refractivity contribution in [1.29, 1.82) is 0 Å². The molecule has 2 aromatic heterocycles. The summed E-state index contributed by atoms with van der Waals surface area (Å²) in [5, 5.41) is 13.1. The van der Waals surface area contributed by atoms with Gasteiger partial charge in [-0.2, -0.15) is 0 Å². The standard InChI is InChI=1S/C9H10BrN3OS/c1-5(11-2)8-12-13-9(15-8)6-3-4-7(10)14-6/h3-5,11H,1-2H3. The molecule has 0 aromatic carbocycles. The summed E-state index contributed by atoms with van der Waals surface area (Å²) in [6.45, 7) is 2.04. The molecule has 0 amide bonds. The predicted molar refractivity (Wildman–Crippen MR) is 62.8 cm³/mol. The van der Waals surface area contributed by atoms with E-state index < -0.39 is 0 Å². The van der Waals surface area contributed by atoms with Crippen LogP contribution in [0.3, 0.4) is 0 Å². The smallest absolute Gasteiger partial charge is 0.183 e. The molecule has 0 spiro atoms. The van der Waals surface area contributed by atoms with Gasteiger partial charge in [-0.3, -0.25) is 0 Å². The minimum Gasteiger partial charge on any atom is -0.447 e. The highest BCUT2D eigenvalue weighted by Gasteiger charge is 2.13. The highest BCUT2D eigenvalue weighted by atomic mass is 79.9. The summed E-state index contributed by atoms with van der Waals surface area (Å²) in [5.41, 5.74) is 0. The summed E-state index contributed by atoms with van der Waals surface area (Å²) < 4.78 is 6.10. The average Bonchev–Trinajstić information content (AvgIpc) is 2.84. The van der Waals surface area contributed by atoms with Crippen LogP contribution in [-0.4, -0.2) is 17.2 Å². The van der Waals surface area contributed by atoms with Gasteiger partial charge in [-0.1, -0.05) is 11.3 Å². The predicted octanol–water partition coefficient (Wildman–Crippen LogP) is 2.84. The van der Waals surface area contributed by atoms with Gasteiger partial charge in [-0.25, -0.2) is 0 Å². The summed E-state index contributed by atoms with van der Waals surface area (Å²) in [6, 6.07) is 3.94. The van der Waals surface area contributed by atoms with Gasteiger partial charge in [0.25, 0.3) is 0 Å². The van der Waals surface area contributed by atoms with Crippen LogP contribution >= 0.6 is 27.3 Å². The van der Waals surface area contributed by atoms with E-state index >= 15 is 0 Å². The van der Waals surface area contributed by atoms with Crippen LogP contribution in [0, 0.1) is 0 Å². The van der Waals surface area contributed by atoms with Crippen LogP contribution in [0.1, 0.15) is 18.0 Å². The van der Waals surface area contributed by atoms with Crippen molar-refractivity contribution < 1.29 is 4.42 Å². The summed E-state index contributed by atoms with van der Waals surface area (Å²) in [6.07, 6.45) is 0. The Kier molecular flexibility index (Phi) is 3.18. The van der Waals surface area contributed by atoms with E-state index in [9.17, 15) is 0 Å². The minimum atomic E-state index is 0.217. The highest BCUT2D eigenvalue weighted by molar-refractivity contribution is 9.10. The maximum absolute atomic E-state index is 5.40. The quantitative estimate of drug-likeness (QED) is 0.943. The van der Waals surface area contributed by atoms with Crippen molar-refractivity contribution in [2.24, 2.45) is 0 Å². The molecule has 0 bridgehead atoms. The third-order valence-corrected chi connectivity index (χ3v) is 3.57. The molecule has 0 aliphatic rings. The van der Waals surface area contributed by atoms with Crippen LogP contribution < -0.4 is 5.32 Å². The number of aromatic nitrogens is 2. The van der Waals surface area contributed by atoms with Crippen LogP contribution in [0.4, 0.5) is 0 Å². The lowest BCUT2D eigenvalue weighted by Crippen LogP contribution is -2.11. The van der Waals surface area contributed by atoms with Gasteiger partial charge >= 0.3 is 0 Å². The Balaban J connectivity index is 2.27. The zero-order valence-electron chi connectivity index (χ0n) is 8.32. The van der Waals surface area contributed by atoms with Crippen molar-refractivity contribution in [3.05, 3.63) is 21.8 Å². The van der Waals surface area contributed by atoms with Crippen LogP contribution in [0.15, 0.2) is 21.2 Å². The van der Waals surface area contributed by atoms with Crippen LogP contribution in [0.5, 0.6) is 0 Å². The van der Waals surface area contributed by atoms with Crippen molar-refractivity contribution in [2.75, 3.05) is 7.05 Å². The Bertz CT molecular complexity index is 454. The molecule has 0 saturated carbocycles. The molecule has 0 aliphatic heterocycles. The van der Waals surface area contributed by atoms with Gasteiger partial charge in [-0.15, -0.1) is 10.2 Å². The van der Waals surface area contributed by atoms with Crippen LogP contribution in [0.25, 0.3) is 10.8 Å². The van der Waals surface area contributed by atoms with E-state index in [4.69, 9.17) is 4.42 Å². The first-order valence-corrected chi connectivity index (χ1v) is 6.08. The molecule has 80 valence electrons. The Morgan fingerprint density at radius 3 is 2.87 bits per heavy atom. The van der Waals surface area contributed by atoms with Gasteiger partial charge in [0.1, 0.15) is 5.01 Å². The second kappa shape index (κ2) is 4.42. The zero-order valence-corrected chi connectivity index (χ0v) is 10.7. The van der Waals surface area contributed by atoms with Gasteiger partial charge in [0.15, 0.2) is 15.4 Å². The molecule has 2 rings (SSSR count). The molecule has 0 fully saturated rings. The van der Waals surface area contributed by atoms with Crippen molar-refractivity contribution >= 4 is 27.3 Å². The van der Waals surface area contributed by atoms with Crippen molar-refractivity contribution in [2.45, 2.75) is 13.0 Å². The van der Waals surface area contributed by atoms with Crippen LogP contribution in [-0.2, 0) is 0 Å². The highest BCUT2D eigenvalue weighted by Crippen LogP contribution is 2.29. The number of furan rings is 1. The Hall–Kier alpha value is -0.720. The second-order valence-electron chi connectivity index (χ2n) is 3.06. The van der Waals surface area contributed by atoms with Gasteiger partial charge in [-0.05, 0) is 42.0 Å². The monoisotopic (exact) mass is 287 g/mol. The lowest BCUT2D eigenvalue weighted by atomic mass is 10.4. The largest absolute Gasteiger partial charge is 0.447 e. The number of hydrogen-bond donors (Lipinski definition) is 1. The zero-order chi connectivity index (χ0) is 10.8. The normalized spacial score (nSPS) is 13.0. The first-order valence-electron chi connectivity index (χ1n) is 4.47. The second-order valence-corrected chi connectivity index (χ2v) is 4.85. The lowest BCUT2D eigenvalue weighted by Gasteiger charge is -2.02. The summed E-state index contributed by atoms with van der Waals surface area (Å²) in [5.74, 6) is 0.744. The number of halogens is 1. The third kappa shape index (κ3) is 2.27. The van der Waals surface area contributed by atoms with E-state index in [2.05, 4.69) is 31.4 Å². The van der Waals surface area contributed by atoms with Gasteiger partial charge < -0.3 is 9.73 Å². The fourth-order valence-corrected chi connectivity index (χ4v) is 2.23. The summed E-state index contributed by atoms with van der Waals surface area (Å²) in [7, 11) is 1.90. The average molecular weight is 288 g/mol. The molecule has 2 aromatic rings. The van der Waals surface area contributed by atoms with Gasteiger partial charge in [0.05, 0.1) is 6.04 Å². The van der Waals surface area contributed by atoms with E-state index in [0.717, 1.165) is 15.8 Å². The third-order valence-electron chi connectivity index (χ3n) is 2.03. The van der Waals surface area contributed by atoms with E-state index in [1.807, 2.05) is 26.1 Å². The lowest BCUT2D eigenvalue weighted by molar-refractivity contribution is 0.554. The molecule has 1 unspecified atom stereocenters. The Morgan fingerprint density at radius 2 is 2.27 bits per heavy atom. The van der Waals surface area contributed by atoms with Crippen molar-refractivity contribution in [3.8, 4) is 10.8 Å². The molecule has 15 heavy (non-hydrogen) atoms. The molecule has 6 heteroatoms. The maximum Gasteiger partial charge on any atom is 0.183 e. The van der Waals surface area contributed by atoms with E-state index in [0.29, 0.717) is 4.67 Å². The molecule has 1 atom stereocenters. The molecule has 0 aliphatic carbocycles. The molecule has 2 heterocycles. The number of rotatable bonds is 3. The Morgan fingerprint density at radius 1 is 1.47 bits per heavy atom. The maximum atomic E-state index is 5.40. The summed E-state index contributed by atoms with van der Waals surface area (Å²) >= 11 is 4.79. The van der Waals surface area contributed by atoms with Crippen LogP contribution in [0.2, 0.25) is 0 Å². The number of nitrogens with one attached hydrogen (secondary N) is 1. The molecule has 4 nitrogen and oxygen atoms in total. The Labute approximate surface area is 99.8 Å². The van der Waals surface area contributed by atoms with Gasteiger partial charge in [0.2, 0.25) is 0 Å². The van der Waals surface area contributed by atoms with Crippen molar-refractivity contribution in [3.63, 3.8) is 0 Å². The fourth-order valence-electron chi connectivity index (χ4n) is 1.06. The van der Waals surface area contributed by atoms with Gasteiger partial charge in [0, 0.05) is 0 Å². The molecular formula is C9H10BrN3OS. The first-order chi connectivity index (χ1) is 7.20. The molecule has 0 radical (unpaired) electrons. The van der Waals surface area contributed by atoms with E-state index in [-0.39, 0.29) is 6.04 Å². The van der Waals surface area contributed by atoms with E-state index in [1.165, 1.54) is 11.3 Å². The molecule has 1 N–H and O–H groups in total. The first kappa shape index (κ1) is 10.8. The van der Waals surface area contributed by atoms with E-state index in [1.54, 1.807) is 0 Å². The minimum absolute atomic E-state index is 0.217.